The molecule has 10 nitrogen and oxygen atoms in total. The van der Waals surface area contributed by atoms with Crippen LogP contribution in [-0.2, 0) is 10.2 Å². The van der Waals surface area contributed by atoms with E-state index in [1.165, 1.54) is 0 Å². The molecule has 0 aliphatic carbocycles. The molecule has 0 amide bonds. The molecular weight excluding hydrogens is 432 g/mol. The summed E-state index contributed by atoms with van der Waals surface area (Å²) >= 11 is 0. The molecule has 0 aliphatic rings. The summed E-state index contributed by atoms with van der Waals surface area (Å²) in [5.74, 6) is 0.621. The average Bonchev–Trinajstić information content (AvgIpc) is 3.35. The minimum atomic E-state index is -0.746. The van der Waals surface area contributed by atoms with Gasteiger partial charge in [0.05, 0.1) is 41.7 Å². The number of nitrogens with two attached hydrogens (primary N) is 2. The molecule has 0 fully saturated rings. The maximum atomic E-state index is 9.43. The van der Waals surface area contributed by atoms with Gasteiger partial charge < -0.3 is 20.6 Å². The molecule has 0 bridgehead atoms. The van der Waals surface area contributed by atoms with Crippen LogP contribution in [-0.4, -0.2) is 38.9 Å². The van der Waals surface area contributed by atoms with E-state index >= 15 is 0 Å². The summed E-state index contributed by atoms with van der Waals surface area (Å²) in [5, 5.41) is 17.7. The van der Waals surface area contributed by atoms with Crippen molar-refractivity contribution >= 4 is 5.82 Å². The topological polar surface area (TPSA) is 163 Å². The van der Waals surface area contributed by atoms with Gasteiger partial charge in [0, 0.05) is 24.4 Å². The van der Waals surface area contributed by atoms with Crippen molar-refractivity contribution in [2.45, 2.75) is 25.3 Å². The van der Waals surface area contributed by atoms with Gasteiger partial charge in [0.25, 0.3) is 5.89 Å². The van der Waals surface area contributed by atoms with Crippen molar-refractivity contribution in [3.05, 3.63) is 60.0 Å². The summed E-state index contributed by atoms with van der Waals surface area (Å²) in [6, 6.07) is 13.1. The Balaban J connectivity index is 1.64. The monoisotopic (exact) mass is 456 g/mol. The number of nitriles is 1. The third-order valence-corrected chi connectivity index (χ3v) is 5.34. The van der Waals surface area contributed by atoms with Gasteiger partial charge in [-0.3, -0.25) is 4.98 Å². The Morgan fingerprint density at radius 3 is 2.53 bits per heavy atom. The van der Waals surface area contributed by atoms with Crippen LogP contribution in [0.25, 0.3) is 34.3 Å². The smallest absolute Gasteiger partial charge is 0.270 e. The molecule has 0 saturated carbocycles. The Morgan fingerprint density at radius 1 is 1.09 bits per heavy atom. The number of aromatic nitrogens is 5. The van der Waals surface area contributed by atoms with E-state index in [4.69, 9.17) is 20.6 Å². The van der Waals surface area contributed by atoms with Crippen molar-refractivity contribution < 1.29 is 9.15 Å². The lowest BCUT2D eigenvalue weighted by atomic mass is 9.90. The number of hydrogen-bond acceptors (Lipinski definition) is 10. The maximum Gasteiger partial charge on any atom is 0.270 e. The summed E-state index contributed by atoms with van der Waals surface area (Å²) in [5.41, 5.74) is 15.2. The lowest BCUT2D eigenvalue weighted by molar-refractivity contribution is 0.181. The second-order valence-corrected chi connectivity index (χ2v) is 8.25. The van der Waals surface area contributed by atoms with Gasteiger partial charge in [-0.2, -0.15) is 5.26 Å². The fraction of sp³-hybridized carbons (Fsp3) is 0.250. The van der Waals surface area contributed by atoms with Crippen molar-refractivity contribution in [2.75, 3.05) is 19.5 Å². The molecule has 0 aliphatic heterocycles. The molecule has 3 heterocycles. The molecular formula is C24H24N8O2. The van der Waals surface area contributed by atoms with Gasteiger partial charge in [-0.1, -0.05) is 12.1 Å². The van der Waals surface area contributed by atoms with Gasteiger partial charge >= 0.3 is 0 Å². The van der Waals surface area contributed by atoms with Gasteiger partial charge in [0.15, 0.2) is 11.5 Å². The predicted molar refractivity (Wildman–Crippen MR) is 126 cm³/mol. The number of rotatable bonds is 7. The molecule has 1 aromatic carbocycles. The second kappa shape index (κ2) is 9.35. The molecule has 172 valence electrons. The fourth-order valence-corrected chi connectivity index (χ4v) is 3.27. The minimum absolute atomic E-state index is 0.147. The van der Waals surface area contributed by atoms with E-state index in [9.17, 15) is 5.26 Å². The molecule has 3 aromatic heterocycles. The minimum Gasteiger partial charge on any atom is -0.414 e. The van der Waals surface area contributed by atoms with Crippen LogP contribution < -0.4 is 11.5 Å². The van der Waals surface area contributed by atoms with Crippen LogP contribution >= 0.6 is 0 Å². The number of anilines is 1. The lowest BCUT2D eigenvalue weighted by Gasteiger charge is -2.15. The van der Waals surface area contributed by atoms with Crippen LogP contribution in [0.2, 0.25) is 0 Å². The predicted octanol–water partition coefficient (Wildman–Crippen LogP) is 3.29. The van der Waals surface area contributed by atoms with Crippen molar-refractivity contribution in [1.82, 2.24) is 25.1 Å². The first-order chi connectivity index (χ1) is 16.3. The number of pyridine rings is 1. The largest absolute Gasteiger partial charge is 0.414 e. The molecule has 4 rings (SSSR count). The Morgan fingerprint density at radius 2 is 1.82 bits per heavy atom. The second-order valence-electron chi connectivity index (χ2n) is 8.25. The highest BCUT2D eigenvalue weighted by Gasteiger charge is 2.23. The molecule has 0 radical (unpaired) electrons. The number of nitrogen functional groups attached to an aromatic ring is 1. The zero-order valence-electron chi connectivity index (χ0n) is 19.1. The molecule has 34 heavy (non-hydrogen) atoms. The van der Waals surface area contributed by atoms with E-state index in [1.54, 1.807) is 39.4 Å². The third kappa shape index (κ3) is 4.61. The van der Waals surface area contributed by atoms with E-state index in [2.05, 4.69) is 31.2 Å². The van der Waals surface area contributed by atoms with E-state index in [-0.39, 0.29) is 23.4 Å². The Hall–Kier alpha value is -4.20. The van der Waals surface area contributed by atoms with Crippen LogP contribution in [0.3, 0.4) is 0 Å². The van der Waals surface area contributed by atoms with Gasteiger partial charge in [-0.25, -0.2) is 9.97 Å². The quantitative estimate of drug-likeness (QED) is 0.422. The first-order valence-corrected chi connectivity index (χ1v) is 10.5. The average molecular weight is 457 g/mol. The highest BCUT2D eigenvalue weighted by atomic mass is 16.5. The maximum absolute atomic E-state index is 9.43. The van der Waals surface area contributed by atoms with Crippen molar-refractivity contribution in [3.8, 4) is 40.4 Å². The SMILES string of the molecule is COC[C@@H](N)c1ccc(-c2nnc(-c3nc(-c4ccnc(C(C)(C)C#N)c4)cnc3N)o2)cc1. The first kappa shape index (κ1) is 23.0. The molecule has 0 unspecified atom stereocenters. The highest BCUT2D eigenvalue weighted by Crippen LogP contribution is 2.29. The van der Waals surface area contributed by atoms with Crippen LogP contribution in [0.1, 0.15) is 31.1 Å². The summed E-state index contributed by atoms with van der Waals surface area (Å²) in [6.07, 6.45) is 3.19. The van der Waals surface area contributed by atoms with Gasteiger partial charge in [-0.15, -0.1) is 10.2 Å². The van der Waals surface area contributed by atoms with E-state index in [1.807, 2.05) is 30.3 Å². The van der Waals surface area contributed by atoms with Crippen molar-refractivity contribution in [1.29, 1.82) is 5.26 Å². The Labute approximate surface area is 196 Å². The van der Waals surface area contributed by atoms with Crippen molar-refractivity contribution in [2.24, 2.45) is 5.73 Å². The Kier molecular flexibility index (Phi) is 6.32. The summed E-state index contributed by atoms with van der Waals surface area (Å²) < 4.78 is 11.0. The van der Waals surface area contributed by atoms with E-state index in [0.717, 1.165) is 16.7 Å². The van der Waals surface area contributed by atoms with E-state index in [0.29, 0.717) is 23.9 Å². The number of hydrogen-bond donors (Lipinski definition) is 2. The first-order valence-electron chi connectivity index (χ1n) is 10.5. The van der Waals surface area contributed by atoms with Gasteiger partial charge in [0.2, 0.25) is 5.89 Å². The summed E-state index contributed by atoms with van der Waals surface area (Å²) in [6.45, 7) is 4.03. The van der Waals surface area contributed by atoms with Gasteiger partial charge in [-0.05, 0) is 43.7 Å². The van der Waals surface area contributed by atoms with Crippen LogP contribution in [0.5, 0.6) is 0 Å². The zero-order chi connectivity index (χ0) is 24.3. The number of ether oxygens (including phenoxy) is 1. The number of benzene rings is 1. The zero-order valence-corrected chi connectivity index (χ0v) is 19.1. The molecule has 10 heteroatoms. The number of methoxy groups -OCH3 is 1. The Bertz CT molecular complexity index is 1340. The van der Waals surface area contributed by atoms with Crippen LogP contribution in [0.4, 0.5) is 5.82 Å². The van der Waals surface area contributed by atoms with Gasteiger partial charge in [0.1, 0.15) is 0 Å². The van der Waals surface area contributed by atoms with Crippen molar-refractivity contribution in [3.63, 3.8) is 0 Å². The van der Waals surface area contributed by atoms with Crippen LogP contribution in [0.15, 0.2) is 53.2 Å². The molecule has 1 atom stereocenters. The summed E-state index contributed by atoms with van der Waals surface area (Å²) in [7, 11) is 1.61. The highest BCUT2D eigenvalue weighted by molar-refractivity contribution is 5.69. The normalized spacial score (nSPS) is 12.3. The molecule has 0 saturated heterocycles. The standard InChI is InChI=1S/C24H24N8O2/c1-24(2,13-25)19-10-16(8-9-28-19)18-11-29-21(27)20(30-18)23-32-31-22(34-23)15-6-4-14(5-7-15)17(26)12-33-3/h4-11,17H,12,26H2,1-3H3,(H2,27,29)/t17-/m1/s1. The lowest BCUT2D eigenvalue weighted by Crippen LogP contribution is -2.15. The number of nitrogens with zero attached hydrogens (tertiary/aromatic N) is 6. The third-order valence-electron chi connectivity index (χ3n) is 5.34. The van der Waals surface area contributed by atoms with E-state index < -0.39 is 5.41 Å². The summed E-state index contributed by atoms with van der Waals surface area (Å²) in [4.78, 5) is 13.2. The molecule has 0 spiro atoms. The molecule has 4 N–H and O–H groups in total. The molecule has 4 aromatic rings. The van der Waals surface area contributed by atoms with Crippen LogP contribution in [0, 0.1) is 11.3 Å². The fourth-order valence-electron chi connectivity index (χ4n) is 3.27.